The van der Waals surface area contributed by atoms with Gasteiger partial charge in [0.25, 0.3) is 5.91 Å². The van der Waals surface area contributed by atoms with Crippen molar-refractivity contribution in [1.29, 1.82) is 0 Å². The molecule has 1 heterocycles. The summed E-state index contributed by atoms with van der Waals surface area (Å²) in [5.74, 6) is -2.39. The Morgan fingerprint density at radius 2 is 1.91 bits per heavy atom. The van der Waals surface area contributed by atoms with Crippen LogP contribution in [0.1, 0.15) is 10.4 Å². The fourth-order valence-corrected chi connectivity index (χ4v) is 1.99. The van der Waals surface area contributed by atoms with Gasteiger partial charge in [0.2, 0.25) is 0 Å². The molecule has 110 valence electrons. The second-order valence-electron chi connectivity index (χ2n) is 4.58. The number of nitrogens with one attached hydrogen (secondary N) is 1. The summed E-state index contributed by atoms with van der Waals surface area (Å²) in [5.41, 5.74) is 1.30. The molecular weight excluding hydrogens is 288 g/mol. The second kappa shape index (κ2) is 5.77. The summed E-state index contributed by atoms with van der Waals surface area (Å²) in [6, 6.07) is 11.8. The third-order valence-corrected chi connectivity index (χ3v) is 3.05. The van der Waals surface area contributed by atoms with Gasteiger partial charge in [0.05, 0.1) is 5.69 Å². The van der Waals surface area contributed by atoms with E-state index in [1.165, 1.54) is 6.07 Å². The zero-order chi connectivity index (χ0) is 15.5. The lowest BCUT2D eigenvalue weighted by atomic mass is 10.2. The number of benzene rings is 2. The molecule has 0 unspecified atom stereocenters. The molecule has 0 spiro atoms. The molecule has 0 saturated heterocycles. The Labute approximate surface area is 125 Å². The summed E-state index contributed by atoms with van der Waals surface area (Å²) in [7, 11) is 0. The van der Waals surface area contributed by atoms with Crippen LogP contribution in [0.25, 0.3) is 5.69 Å². The molecule has 0 fully saturated rings. The van der Waals surface area contributed by atoms with E-state index in [9.17, 15) is 13.6 Å². The summed E-state index contributed by atoms with van der Waals surface area (Å²) >= 11 is 0. The number of hydrogen-bond acceptors (Lipinski definition) is 2. The fourth-order valence-electron chi connectivity index (χ4n) is 1.99. The zero-order valence-electron chi connectivity index (χ0n) is 11.3. The van der Waals surface area contributed by atoms with E-state index in [0.29, 0.717) is 5.56 Å². The number of anilines is 1. The highest BCUT2D eigenvalue weighted by Gasteiger charge is 2.09. The Balaban J connectivity index is 1.83. The van der Waals surface area contributed by atoms with Crippen LogP contribution in [-0.4, -0.2) is 15.7 Å². The smallest absolute Gasteiger partial charge is 0.255 e. The highest BCUT2D eigenvalue weighted by atomic mass is 19.2. The Hall–Kier alpha value is -3.02. The van der Waals surface area contributed by atoms with Gasteiger partial charge >= 0.3 is 0 Å². The summed E-state index contributed by atoms with van der Waals surface area (Å²) < 4.78 is 27.6. The number of hydrogen-bond donors (Lipinski definition) is 1. The molecule has 0 atom stereocenters. The molecule has 0 aliphatic rings. The van der Waals surface area contributed by atoms with Crippen molar-refractivity contribution in [2.45, 2.75) is 0 Å². The third kappa shape index (κ3) is 2.85. The van der Waals surface area contributed by atoms with E-state index in [1.54, 1.807) is 47.4 Å². The van der Waals surface area contributed by atoms with Crippen molar-refractivity contribution in [3.05, 3.63) is 78.1 Å². The van der Waals surface area contributed by atoms with Crippen LogP contribution in [0.5, 0.6) is 0 Å². The van der Waals surface area contributed by atoms with Gasteiger partial charge in [-0.25, -0.2) is 13.5 Å². The number of carbonyl (C=O) groups excluding carboxylic acids is 1. The van der Waals surface area contributed by atoms with Gasteiger partial charge in [0.1, 0.15) is 0 Å². The molecule has 2 aromatic carbocycles. The average molecular weight is 299 g/mol. The van der Waals surface area contributed by atoms with Crippen LogP contribution < -0.4 is 5.32 Å². The van der Waals surface area contributed by atoms with Crippen LogP contribution in [0.4, 0.5) is 14.5 Å². The average Bonchev–Trinajstić information content (AvgIpc) is 3.05. The van der Waals surface area contributed by atoms with Crippen LogP contribution in [0, 0.1) is 11.6 Å². The summed E-state index contributed by atoms with van der Waals surface area (Å²) in [6.45, 7) is 0. The maximum atomic E-state index is 13.1. The number of aromatic nitrogens is 2. The van der Waals surface area contributed by atoms with Gasteiger partial charge in [0.15, 0.2) is 11.6 Å². The molecule has 3 aromatic rings. The molecular formula is C16H11F2N3O. The number of rotatable bonds is 3. The standard InChI is InChI=1S/C16H11F2N3O/c17-14-6-5-12(10-15(14)18)20-16(22)11-3-1-4-13(9-11)21-8-2-7-19-21/h1-10H,(H,20,22). The lowest BCUT2D eigenvalue weighted by molar-refractivity contribution is 0.102. The Morgan fingerprint density at radius 3 is 2.64 bits per heavy atom. The van der Waals surface area contributed by atoms with Crippen molar-refractivity contribution in [3.8, 4) is 5.69 Å². The highest BCUT2D eigenvalue weighted by molar-refractivity contribution is 6.04. The van der Waals surface area contributed by atoms with E-state index in [0.717, 1.165) is 17.8 Å². The first-order valence-electron chi connectivity index (χ1n) is 6.50. The van der Waals surface area contributed by atoms with Crippen molar-refractivity contribution in [3.63, 3.8) is 0 Å². The summed E-state index contributed by atoms with van der Waals surface area (Å²) in [6.07, 6.45) is 3.39. The van der Waals surface area contributed by atoms with E-state index in [1.807, 2.05) is 0 Å². The van der Waals surface area contributed by atoms with E-state index in [2.05, 4.69) is 10.4 Å². The number of amides is 1. The predicted molar refractivity (Wildman–Crippen MR) is 77.9 cm³/mol. The van der Waals surface area contributed by atoms with E-state index in [-0.39, 0.29) is 5.69 Å². The van der Waals surface area contributed by atoms with Crippen LogP contribution in [-0.2, 0) is 0 Å². The normalized spacial score (nSPS) is 10.5. The molecule has 6 heteroatoms. The van der Waals surface area contributed by atoms with Crippen LogP contribution in [0.3, 0.4) is 0 Å². The first-order valence-corrected chi connectivity index (χ1v) is 6.50. The minimum Gasteiger partial charge on any atom is -0.322 e. The minimum atomic E-state index is -1.01. The predicted octanol–water partition coefficient (Wildman–Crippen LogP) is 3.40. The minimum absolute atomic E-state index is 0.188. The molecule has 22 heavy (non-hydrogen) atoms. The van der Waals surface area contributed by atoms with Crippen LogP contribution in [0.15, 0.2) is 60.9 Å². The number of carbonyl (C=O) groups is 1. The molecule has 0 aliphatic carbocycles. The molecule has 1 aromatic heterocycles. The van der Waals surface area contributed by atoms with E-state index >= 15 is 0 Å². The van der Waals surface area contributed by atoms with E-state index < -0.39 is 17.5 Å². The molecule has 1 N–H and O–H groups in total. The lowest BCUT2D eigenvalue weighted by Gasteiger charge is -2.07. The highest BCUT2D eigenvalue weighted by Crippen LogP contribution is 2.15. The molecule has 1 amide bonds. The molecule has 3 rings (SSSR count). The molecule has 4 nitrogen and oxygen atoms in total. The molecule has 0 aliphatic heterocycles. The second-order valence-corrected chi connectivity index (χ2v) is 4.58. The van der Waals surface area contributed by atoms with E-state index in [4.69, 9.17) is 0 Å². The van der Waals surface area contributed by atoms with Gasteiger partial charge in [-0.05, 0) is 36.4 Å². The fraction of sp³-hybridized carbons (Fsp3) is 0. The van der Waals surface area contributed by atoms with Crippen molar-refractivity contribution in [1.82, 2.24) is 9.78 Å². The first kappa shape index (κ1) is 13.9. The maximum absolute atomic E-state index is 13.1. The SMILES string of the molecule is O=C(Nc1ccc(F)c(F)c1)c1cccc(-n2cccn2)c1. The van der Waals surface area contributed by atoms with Gasteiger partial charge in [-0.3, -0.25) is 4.79 Å². The van der Waals surface area contributed by atoms with Crippen LogP contribution in [0.2, 0.25) is 0 Å². The van der Waals surface area contributed by atoms with Gasteiger partial charge in [-0.15, -0.1) is 0 Å². The summed E-state index contributed by atoms with van der Waals surface area (Å²) in [5, 5.41) is 6.61. The number of halogens is 2. The number of nitrogens with zero attached hydrogens (tertiary/aromatic N) is 2. The molecule has 0 radical (unpaired) electrons. The summed E-state index contributed by atoms with van der Waals surface area (Å²) in [4.78, 5) is 12.2. The van der Waals surface area contributed by atoms with Gasteiger partial charge in [0, 0.05) is 29.7 Å². The monoisotopic (exact) mass is 299 g/mol. The zero-order valence-corrected chi connectivity index (χ0v) is 11.3. The van der Waals surface area contributed by atoms with Gasteiger partial charge in [-0.2, -0.15) is 5.10 Å². The first-order chi connectivity index (χ1) is 10.6. The Kier molecular flexibility index (Phi) is 3.65. The third-order valence-electron chi connectivity index (χ3n) is 3.05. The topological polar surface area (TPSA) is 46.9 Å². The van der Waals surface area contributed by atoms with Gasteiger partial charge < -0.3 is 5.32 Å². The molecule has 0 saturated carbocycles. The largest absolute Gasteiger partial charge is 0.322 e. The quantitative estimate of drug-likeness (QED) is 0.805. The molecule has 0 bridgehead atoms. The van der Waals surface area contributed by atoms with Crippen molar-refractivity contribution >= 4 is 11.6 Å². The van der Waals surface area contributed by atoms with Crippen molar-refractivity contribution in [2.24, 2.45) is 0 Å². The maximum Gasteiger partial charge on any atom is 0.255 e. The Morgan fingerprint density at radius 1 is 1.05 bits per heavy atom. The van der Waals surface area contributed by atoms with Crippen LogP contribution >= 0.6 is 0 Å². The lowest BCUT2D eigenvalue weighted by Crippen LogP contribution is -2.12. The Bertz CT molecular complexity index is 816. The van der Waals surface area contributed by atoms with Gasteiger partial charge in [-0.1, -0.05) is 6.07 Å². The van der Waals surface area contributed by atoms with Crippen molar-refractivity contribution in [2.75, 3.05) is 5.32 Å². The van der Waals surface area contributed by atoms with Crippen molar-refractivity contribution < 1.29 is 13.6 Å².